The number of rotatable bonds is 1. The fourth-order valence-corrected chi connectivity index (χ4v) is 4.46. The van der Waals surface area contributed by atoms with Crippen LogP contribution in [-0.2, 0) is 0 Å². The average Bonchev–Trinajstić information content (AvgIpc) is 2.61. The van der Waals surface area contributed by atoms with Crippen LogP contribution in [0, 0.1) is 47.3 Å². The molecule has 0 heteroatoms. The first kappa shape index (κ1) is 16.1. The van der Waals surface area contributed by atoms with E-state index in [2.05, 4.69) is 55.4 Å². The summed E-state index contributed by atoms with van der Waals surface area (Å²) in [6.07, 6.45) is 2.84. The monoisotopic (exact) mass is 252 g/mol. The molecule has 0 spiro atoms. The van der Waals surface area contributed by atoms with Gasteiger partial charge in [-0.15, -0.1) is 0 Å². The smallest absolute Gasteiger partial charge is 0.0363 e. The van der Waals surface area contributed by atoms with Gasteiger partial charge in [0, 0.05) is 0 Å². The van der Waals surface area contributed by atoms with Crippen LogP contribution < -0.4 is 0 Å². The molecule has 0 amide bonds. The summed E-state index contributed by atoms with van der Waals surface area (Å²) < 4.78 is 0. The summed E-state index contributed by atoms with van der Waals surface area (Å²) in [6.45, 7) is 19.0. The topological polar surface area (TPSA) is 0 Å². The molecular weight excluding hydrogens is 216 g/mol. The highest BCUT2D eigenvalue weighted by Gasteiger charge is 2.38. The Hall–Kier alpha value is 0. The van der Waals surface area contributed by atoms with E-state index in [0.717, 1.165) is 47.3 Å². The molecule has 0 radical (unpaired) electrons. The molecule has 0 aromatic rings. The van der Waals surface area contributed by atoms with Crippen molar-refractivity contribution in [3.63, 3.8) is 0 Å². The van der Waals surface area contributed by atoms with E-state index in [1.807, 2.05) is 0 Å². The molecule has 0 aromatic carbocycles. The van der Waals surface area contributed by atoms with E-state index in [1.165, 1.54) is 12.8 Å². The molecule has 108 valence electrons. The maximum absolute atomic E-state index is 2.42. The molecule has 0 saturated heterocycles. The molecule has 4 unspecified atom stereocenters. The number of hydrogen-bond acceptors (Lipinski definition) is 0. The average molecular weight is 252 g/mol. The quantitative estimate of drug-likeness (QED) is 0.547. The molecule has 4 atom stereocenters. The molecule has 0 heterocycles. The Morgan fingerprint density at radius 1 is 0.611 bits per heavy atom. The molecule has 0 bridgehead atoms. The van der Waals surface area contributed by atoms with E-state index in [1.54, 1.807) is 0 Å². The summed E-state index contributed by atoms with van der Waals surface area (Å²) in [6, 6.07) is 0. The maximum atomic E-state index is 2.42. The van der Waals surface area contributed by atoms with Gasteiger partial charge in [-0.3, -0.25) is 0 Å². The first-order chi connectivity index (χ1) is 8.31. The summed E-state index contributed by atoms with van der Waals surface area (Å²) in [5.41, 5.74) is 0. The summed E-state index contributed by atoms with van der Waals surface area (Å²) in [7, 11) is 0. The third-order valence-corrected chi connectivity index (χ3v) is 6.84. The van der Waals surface area contributed by atoms with Crippen molar-refractivity contribution in [1.82, 2.24) is 0 Å². The predicted molar refractivity (Wildman–Crippen MR) is 82.5 cm³/mol. The van der Waals surface area contributed by atoms with Crippen molar-refractivity contribution in [2.75, 3.05) is 0 Å². The van der Waals surface area contributed by atoms with Crippen LogP contribution in [-0.4, -0.2) is 0 Å². The normalized spacial score (nSPS) is 51.3. The molecular formula is C18H36. The van der Waals surface area contributed by atoms with E-state index >= 15 is 0 Å². The minimum absolute atomic E-state index is 0.972. The summed E-state index contributed by atoms with van der Waals surface area (Å²) >= 11 is 0. The maximum Gasteiger partial charge on any atom is -0.0363 e. The lowest BCUT2D eigenvalue weighted by atomic mass is 9.60. The molecule has 2 aliphatic carbocycles. The molecule has 18 heavy (non-hydrogen) atoms. The standard InChI is InChI=1S/C10H20.C8H16/c1-5-10-8(3)6-7(2)9(10)4;1-5-6(2)8(4)7(5)3/h7-10H,5-6H2,1-4H3;5-8H,1-4H3. The predicted octanol–water partition coefficient (Wildman–Crippen LogP) is 5.87. The van der Waals surface area contributed by atoms with E-state index in [0.29, 0.717) is 0 Å². The highest BCUT2D eigenvalue weighted by Crippen LogP contribution is 2.44. The van der Waals surface area contributed by atoms with Crippen LogP contribution in [0.5, 0.6) is 0 Å². The molecule has 2 fully saturated rings. The van der Waals surface area contributed by atoms with Gasteiger partial charge in [-0.2, -0.15) is 0 Å². The molecule has 2 rings (SSSR count). The highest BCUT2D eigenvalue weighted by molar-refractivity contribution is 4.86. The Morgan fingerprint density at radius 3 is 1.17 bits per heavy atom. The van der Waals surface area contributed by atoms with Gasteiger partial charge in [0.1, 0.15) is 0 Å². The second-order valence-electron chi connectivity index (χ2n) is 7.56. The van der Waals surface area contributed by atoms with Crippen LogP contribution in [0.3, 0.4) is 0 Å². The first-order valence-corrected chi connectivity index (χ1v) is 8.31. The second-order valence-corrected chi connectivity index (χ2v) is 7.56. The fourth-order valence-electron chi connectivity index (χ4n) is 4.46. The lowest BCUT2D eigenvalue weighted by Crippen LogP contribution is -2.39. The second kappa shape index (κ2) is 6.44. The van der Waals surface area contributed by atoms with E-state index in [4.69, 9.17) is 0 Å². The van der Waals surface area contributed by atoms with Crippen LogP contribution in [0.1, 0.15) is 68.2 Å². The summed E-state index contributed by atoms with van der Waals surface area (Å²) in [5, 5.41) is 0. The third-order valence-electron chi connectivity index (χ3n) is 6.84. The van der Waals surface area contributed by atoms with Crippen LogP contribution >= 0.6 is 0 Å². The van der Waals surface area contributed by atoms with Crippen LogP contribution in [0.4, 0.5) is 0 Å². The van der Waals surface area contributed by atoms with Gasteiger partial charge in [-0.05, 0) is 53.8 Å². The van der Waals surface area contributed by atoms with Gasteiger partial charge in [0.15, 0.2) is 0 Å². The highest BCUT2D eigenvalue weighted by atomic mass is 14.4. The Bertz CT molecular complexity index is 212. The van der Waals surface area contributed by atoms with Crippen molar-refractivity contribution in [1.29, 1.82) is 0 Å². The van der Waals surface area contributed by atoms with Crippen molar-refractivity contribution in [2.45, 2.75) is 68.2 Å². The largest absolute Gasteiger partial charge is 0.0651 e. The van der Waals surface area contributed by atoms with E-state index in [-0.39, 0.29) is 0 Å². The van der Waals surface area contributed by atoms with E-state index < -0.39 is 0 Å². The molecule has 0 N–H and O–H groups in total. The van der Waals surface area contributed by atoms with Crippen molar-refractivity contribution in [2.24, 2.45) is 47.3 Å². The zero-order chi connectivity index (χ0) is 14.0. The molecule has 0 nitrogen and oxygen atoms in total. The van der Waals surface area contributed by atoms with Crippen LogP contribution in [0.2, 0.25) is 0 Å². The molecule has 2 aliphatic rings. The third kappa shape index (κ3) is 3.11. The van der Waals surface area contributed by atoms with Gasteiger partial charge < -0.3 is 0 Å². The van der Waals surface area contributed by atoms with Gasteiger partial charge in [0.2, 0.25) is 0 Å². The summed E-state index contributed by atoms with van der Waals surface area (Å²) in [4.78, 5) is 0. The van der Waals surface area contributed by atoms with Crippen molar-refractivity contribution in [3.8, 4) is 0 Å². The van der Waals surface area contributed by atoms with Gasteiger partial charge in [0.05, 0.1) is 0 Å². The Labute approximate surface area is 116 Å². The number of hydrogen-bond donors (Lipinski definition) is 0. The Kier molecular flexibility index (Phi) is 5.74. The van der Waals surface area contributed by atoms with Crippen LogP contribution in [0.25, 0.3) is 0 Å². The van der Waals surface area contributed by atoms with Gasteiger partial charge in [-0.25, -0.2) is 0 Å². The van der Waals surface area contributed by atoms with Crippen molar-refractivity contribution in [3.05, 3.63) is 0 Å². The molecule has 0 aliphatic heterocycles. The van der Waals surface area contributed by atoms with Gasteiger partial charge >= 0.3 is 0 Å². The molecule has 2 saturated carbocycles. The Balaban J connectivity index is 0.000000184. The zero-order valence-electron chi connectivity index (χ0n) is 14.0. The summed E-state index contributed by atoms with van der Waals surface area (Å²) in [5.74, 6) is 7.84. The first-order valence-electron chi connectivity index (χ1n) is 8.31. The lowest BCUT2D eigenvalue weighted by molar-refractivity contribution is 0.0302. The van der Waals surface area contributed by atoms with Gasteiger partial charge in [-0.1, -0.05) is 61.8 Å². The minimum Gasteiger partial charge on any atom is -0.0651 e. The van der Waals surface area contributed by atoms with Crippen LogP contribution in [0.15, 0.2) is 0 Å². The SMILES string of the molecule is CC1C(C)C(C)C1C.CCC1C(C)CC(C)C1C. The minimum atomic E-state index is 0.972. The lowest BCUT2D eigenvalue weighted by Gasteiger charge is -2.45. The zero-order valence-corrected chi connectivity index (χ0v) is 14.0. The van der Waals surface area contributed by atoms with Crippen molar-refractivity contribution >= 4 is 0 Å². The fraction of sp³-hybridized carbons (Fsp3) is 1.00. The van der Waals surface area contributed by atoms with Gasteiger partial charge in [0.25, 0.3) is 0 Å². The van der Waals surface area contributed by atoms with E-state index in [9.17, 15) is 0 Å². The van der Waals surface area contributed by atoms with Crippen molar-refractivity contribution < 1.29 is 0 Å². The molecule has 0 aromatic heterocycles. The Morgan fingerprint density at radius 2 is 1.00 bits per heavy atom.